The zero-order valence-corrected chi connectivity index (χ0v) is 23.3. The van der Waals surface area contributed by atoms with Crippen LogP contribution in [-0.2, 0) is 29.1 Å². The highest BCUT2D eigenvalue weighted by Crippen LogP contribution is 2.32. The molecule has 0 spiro atoms. The number of nitrogens with one attached hydrogen (secondary N) is 1. The van der Waals surface area contributed by atoms with Crippen molar-refractivity contribution in [2.45, 2.75) is 39.5 Å². The maximum absolute atomic E-state index is 12.1. The van der Waals surface area contributed by atoms with Gasteiger partial charge < -0.3 is 24.6 Å². The molecule has 2 aliphatic rings. The molecular weight excluding hydrogens is 518 g/mol. The number of ether oxygens (including phenoxy) is 2. The minimum absolute atomic E-state index is 0.0595. The van der Waals surface area contributed by atoms with E-state index in [2.05, 4.69) is 27.1 Å². The monoisotopic (exact) mass is 551 g/mol. The van der Waals surface area contributed by atoms with Crippen molar-refractivity contribution in [1.82, 2.24) is 24.8 Å². The van der Waals surface area contributed by atoms with Crippen molar-refractivity contribution in [2.75, 3.05) is 36.5 Å². The van der Waals surface area contributed by atoms with Gasteiger partial charge in [0.2, 0.25) is 17.7 Å². The van der Waals surface area contributed by atoms with E-state index < -0.39 is 0 Å². The molecular formula is C31H33N7O3. The molecule has 0 unspecified atom stereocenters. The predicted molar refractivity (Wildman–Crippen MR) is 156 cm³/mol. The van der Waals surface area contributed by atoms with Crippen molar-refractivity contribution in [2.24, 2.45) is 0 Å². The summed E-state index contributed by atoms with van der Waals surface area (Å²) in [4.78, 5) is 35.1. The van der Waals surface area contributed by atoms with Gasteiger partial charge in [-0.3, -0.25) is 4.79 Å². The summed E-state index contributed by atoms with van der Waals surface area (Å²) in [6, 6.07) is 19.8. The summed E-state index contributed by atoms with van der Waals surface area (Å²) in [5.74, 6) is 2.59. The molecule has 1 atom stereocenters. The van der Waals surface area contributed by atoms with Crippen LogP contribution in [0, 0.1) is 0 Å². The van der Waals surface area contributed by atoms with Gasteiger partial charge in [0, 0.05) is 49.1 Å². The molecule has 1 saturated heterocycles. The lowest BCUT2D eigenvalue weighted by molar-refractivity contribution is -0.129. The van der Waals surface area contributed by atoms with Crippen molar-refractivity contribution in [3.05, 3.63) is 83.7 Å². The highest BCUT2D eigenvalue weighted by atomic mass is 16.5. The lowest BCUT2D eigenvalue weighted by Gasteiger charge is -2.37. The summed E-state index contributed by atoms with van der Waals surface area (Å²) < 4.78 is 11.5. The van der Waals surface area contributed by atoms with Gasteiger partial charge in [-0.25, -0.2) is 15.0 Å². The molecule has 0 saturated carbocycles. The van der Waals surface area contributed by atoms with Crippen LogP contribution in [0.15, 0.2) is 66.9 Å². The summed E-state index contributed by atoms with van der Waals surface area (Å²) >= 11 is 0. The Kier molecular flexibility index (Phi) is 7.73. The van der Waals surface area contributed by atoms with Crippen LogP contribution >= 0.6 is 0 Å². The Hall–Kier alpha value is -4.57. The van der Waals surface area contributed by atoms with Crippen molar-refractivity contribution in [3.8, 4) is 17.3 Å². The molecule has 0 radical (unpaired) electrons. The molecule has 1 N–H and O–H groups in total. The fraction of sp³-hybridized carbons (Fsp3) is 0.323. The Morgan fingerprint density at radius 2 is 1.88 bits per heavy atom. The molecule has 10 nitrogen and oxygen atoms in total. The summed E-state index contributed by atoms with van der Waals surface area (Å²) in [5.41, 5.74) is 4.83. The van der Waals surface area contributed by atoms with Gasteiger partial charge in [-0.2, -0.15) is 4.98 Å². The highest BCUT2D eigenvalue weighted by Gasteiger charge is 2.29. The average Bonchev–Trinajstić information content (AvgIpc) is 3.00. The number of anilines is 3. The van der Waals surface area contributed by atoms with E-state index >= 15 is 0 Å². The topological polar surface area (TPSA) is 106 Å². The molecule has 0 bridgehead atoms. The van der Waals surface area contributed by atoms with Crippen LogP contribution in [0.4, 0.5) is 17.5 Å². The molecule has 0 aliphatic carbocycles. The number of hydrogen-bond donors (Lipinski definition) is 1. The van der Waals surface area contributed by atoms with E-state index in [1.54, 1.807) is 19.2 Å². The number of carbonyl (C=O) groups is 1. The number of nitrogens with zero attached hydrogens (tertiary/aromatic N) is 6. The van der Waals surface area contributed by atoms with Crippen molar-refractivity contribution < 1.29 is 14.3 Å². The van der Waals surface area contributed by atoms with E-state index in [4.69, 9.17) is 19.4 Å². The Labute approximate surface area is 239 Å². The molecule has 2 aromatic heterocycles. The third-order valence-corrected chi connectivity index (χ3v) is 7.39. The fourth-order valence-corrected chi connectivity index (χ4v) is 5.13. The quantitative estimate of drug-likeness (QED) is 0.358. The minimum Gasteiger partial charge on any atom is -0.473 e. The van der Waals surface area contributed by atoms with Gasteiger partial charge in [0.15, 0.2) is 5.82 Å². The highest BCUT2D eigenvalue weighted by molar-refractivity contribution is 5.74. The van der Waals surface area contributed by atoms with Gasteiger partial charge in [-0.05, 0) is 43.2 Å². The fourth-order valence-electron chi connectivity index (χ4n) is 5.13. The Bertz CT molecular complexity index is 1510. The van der Waals surface area contributed by atoms with E-state index in [1.807, 2.05) is 59.5 Å². The van der Waals surface area contributed by atoms with Crippen LogP contribution in [0.25, 0.3) is 11.4 Å². The summed E-state index contributed by atoms with van der Waals surface area (Å²) in [5, 5.41) is 3.25. The zero-order valence-electron chi connectivity index (χ0n) is 23.3. The van der Waals surface area contributed by atoms with Gasteiger partial charge in [-0.1, -0.05) is 30.3 Å². The lowest BCUT2D eigenvalue weighted by Crippen LogP contribution is -2.45. The largest absolute Gasteiger partial charge is 0.473 e. The summed E-state index contributed by atoms with van der Waals surface area (Å²) in [7, 11) is 0. The van der Waals surface area contributed by atoms with E-state index in [1.165, 1.54) is 0 Å². The first-order valence-electron chi connectivity index (χ1n) is 13.9. The van der Waals surface area contributed by atoms with Gasteiger partial charge in [0.05, 0.1) is 31.5 Å². The van der Waals surface area contributed by atoms with Crippen LogP contribution < -0.4 is 15.0 Å². The number of hydrogen-bond acceptors (Lipinski definition) is 9. The first-order chi connectivity index (χ1) is 20.0. The third-order valence-electron chi connectivity index (χ3n) is 7.39. The van der Waals surface area contributed by atoms with E-state index in [0.29, 0.717) is 50.6 Å². The smallest absolute Gasteiger partial charge is 0.230 e. The number of carbonyl (C=O) groups excluding carboxylic acids is 1. The van der Waals surface area contributed by atoms with Crippen LogP contribution in [0.2, 0.25) is 0 Å². The lowest BCUT2D eigenvalue weighted by atomic mass is 10.0. The first kappa shape index (κ1) is 26.6. The van der Waals surface area contributed by atoms with E-state index in [-0.39, 0.29) is 11.9 Å². The number of benzene rings is 2. The zero-order chi connectivity index (χ0) is 28.2. The maximum atomic E-state index is 12.1. The second kappa shape index (κ2) is 11.9. The van der Waals surface area contributed by atoms with Gasteiger partial charge >= 0.3 is 0 Å². The number of aromatic nitrogens is 4. The van der Waals surface area contributed by atoms with Gasteiger partial charge in [0.25, 0.3) is 0 Å². The number of morpholine rings is 1. The van der Waals surface area contributed by atoms with Crippen molar-refractivity contribution in [1.29, 1.82) is 0 Å². The Morgan fingerprint density at radius 1 is 1.05 bits per heavy atom. The van der Waals surface area contributed by atoms with Crippen LogP contribution in [0.5, 0.6) is 5.88 Å². The summed E-state index contributed by atoms with van der Waals surface area (Å²) in [6.07, 6.45) is 2.41. The Balaban J connectivity index is 1.22. The van der Waals surface area contributed by atoms with Crippen molar-refractivity contribution in [3.63, 3.8) is 0 Å². The second-order valence-electron chi connectivity index (χ2n) is 10.3. The Morgan fingerprint density at radius 3 is 2.66 bits per heavy atom. The van der Waals surface area contributed by atoms with Crippen molar-refractivity contribution >= 4 is 23.4 Å². The van der Waals surface area contributed by atoms with Crippen LogP contribution in [-0.4, -0.2) is 63.1 Å². The second-order valence-corrected chi connectivity index (χ2v) is 10.3. The molecule has 4 heterocycles. The van der Waals surface area contributed by atoms with E-state index in [0.717, 1.165) is 46.9 Å². The first-order valence-corrected chi connectivity index (χ1v) is 13.9. The molecule has 10 heteroatoms. The normalized spacial score (nSPS) is 16.7. The molecule has 210 valence electrons. The third kappa shape index (κ3) is 6.12. The molecule has 1 fully saturated rings. The number of rotatable bonds is 7. The minimum atomic E-state index is 0.0595. The summed E-state index contributed by atoms with van der Waals surface area (Å²) in [6.45, 7) is 7.47. The predicted octanol–water partition coefficient (Wildman–Crippen LogP) is 4.39. The standard InChI is InChI=1S/C31H33N7O3/c1-21-19-40-17-16-38(21)30-26-13-15-37(22(2)39)18-27(26)34-29(36-30)24-8-10-25(11-9-24)33-31-32-14-12-28(35-31)41-20-23-6-4-3-5-7-23/h3-12,14,21H,13,15-20H2,1-2H3,(H,32,33,35)/t21-/m0/s1. The molecule has 4 aromatic rings. The number of amides is 1. The van der Waals surface area contributed by atoms with E-state index in [9.17, 15) is 4.79 Å². The maximum Gasteiger partial charge on any atom is 0.230 e. The van der Waals surface area contributed by atoms with Crippen LogP contribution in [0.3, 0.4) is 0 Å². The molecule has 6 rings (SSSR count). The molecule has 2 aliphatic heterocycles. The average molecular weight is 552 g/mol. The number of fused-ring (bicyclic) bond motifs is 1. The van der Waals surface area contributed by atoms with Crippen LogP contribution in [0.1, 0.15) is 30.7 Å². The molecule has 1 amide bonds. The molecule has 41 heavy (non-hydrogen) atoms. The van der Waals surface area contributed by atoms with Gasteiger partial charge in [0.1, 0.15) is 12.4 Å². The molecule has 2 aromatic carbocycles. The SMILES string of the molecule is CC(=O)N1CCc2c(nc(-c3ccc(Nc4nccc(OCc5ccccc5)n4)cc3)nc2N2CCOC[C@@H]2C)C1. The van der Waals surface area contributed by atoms with Gasteiger partial charge in [-0.15, -0.1) is 0 Å².